The molecule has 184 valence electrons. The standard InChI is InChI=1S/C29H46O2SSi/c1-10-17-33(18-11-2,24-15-13-22(14-16-24)31-12-3)21-32-23-19-25(28(4,5)6)27(30)26(20-23)29(7,8)9/h13-16,19-20,30H,10-12,17-18,21H2,1-9H3. The lowest BCUT2D eigenvalue weighted by molar-refractivity contribution is 0.340. The Labute approximate surface area is 208 Å². The van der Waals surface area contributed by atoms with E-state index in [1.54, 1.807) is 5.19 Å². The highest BCUT2D eigenvalue weighted by Gasteiger charge is 2.34. The molecule has 0 aliphatic rings. The first-order valence-corrected chi connectivity index (χ1v) is 16.2. The summed E-state index contributed by atoms with van der Waals surface area (Å²) in [5.41, 5.74) is 1.90. The molecule has 1 N–H and O–H groups in total. The summed E-state index contributed by atoms with van der Waals surface area (Å²) in [7, 11) is -1.70. The zero-order chi connectivity index (χ0) is 24.9. The Balaban J connectivity index is 2.48. The Morgan fingerprint density at radius 3 is 1.70 bits per heavy atom. The molecule has 0 bridgehead atoms. The average Bonchev–Trinajstić information content (AvgIpc) is 2.72. The second-order valence-corrected chi connectivity index (χ2v) is 17.4. The highest BCUT2D eigenvalue weighted by Crippen LogP contribution is 2.42. The number of hydrogen-bond acceptors (Lipinski definition) is 3. The van der Waals surface area contributed by atoms with Crippen molar-refractivity contribution in [3.8, 4) is 11.5 Å². The third-order valence-corrected chi connectivity index (χ3v) is 14.3. The van der Waals surface area contributed by atoms with Gasteiger partial charge in [0.15, 0.2) is 0 Å². The summed E-state index contributed by atoms with van der Waals surface area (Å²) in [5.74, 6) is 1.43. The van der Waals surface area contributed by atoms with Crippen LogP contribution in [0.25, 0.3) is 0 Å². The molecule has 0 amide bonds. The van der Waals surface area contributed by atoms with Gasteiger partial charge in [0.1, 0.15) is 11.5 Å². The molecule has 4 heteroatoms. The molecule has 0 aromatic heterocycles. The van der Waals surface area contributed by atoms with Crippen molar-refractivity contribution in [2.45, 2.75) is 103 Å². The number of aromatic hydroxyl groups is 1. The fraction of sp³-hybridized carbons (Fsp3) is 0.586. The quantitative estimate of drug-likeness (QED) is 0.271. The van der Waals surface area contributed by atoms with Gasteiger partial charge in [-0.05, 0) is 47.4 Å². The van der Waals surface area contributed by atoms with Gasteiger partial charge in [0.2, 0.25) is 0 Å². The minimum absolute atomic E-state index is 0.100. The van der Waals surface area contributed by atoms with Crippen LogP contribution in [-0.4, -0.2) is 25.2 Å². The molecule has 2 aromatic rings. The molecular formula is C29H46O2SSi. The zero-order valence-corrected chi connectivity index (χ0v) is 24.3. The van der Waals surface area contributed by atoms with Gasteiger partial charge >= 0.3 is 0 Å². The Kier molecular flexibility index (Phi) is 9.58. The lowest BCUT2D eigenvalue weighted by Crippen LogP contribution is -2.50. The lowest BCUT2D eigenvalue weighted by atomic mass is 9.79. The molecular weight excluding hydrogens is 440 g/mol. The summed E-state index contributed by atoms with van der Waals surface area (Å²) in [4.78, 5) is 1.29. The molecule has 2 nitrogen and oxygen atoms in total. The number of hydrogen-bond donors (Lipinski definition) is 1. The Bertz CT molecular complexity index is 850. The molecule has 0 fully saturated rings. The SMILES string of the molecule is CCC[Si](CCC)(CSc1cc(C(C)(C)C)c(O)c(C(C)(C)C)c1)c1ccc(OCC)cc1. The third-order valence-electron chi connectivity index (χ3n) is 6.45. The van der Waals surface area contributed by atoms with Crippen LogP contribution in [0.1, 0.15) is 86.3 Å². The normalized spacial score (nSPS) is 12.8. The molecule has 2 aromatic carbocycles. The van der Waals surface area contributed by atoms with Crippen LogP contribution in [0.2, 0.25) is 12.1 Å². The van der Waals surface area contributed by atoms with Crippen LogP contribution in [0.4, 0.5) is 0 Å². The van der Waals surface area contributed by atoms with Crippen molar-refractivity contribution in [1.29, 1.82) is 0 Å². The molecule has 33 heavy (non-hydrogen) atoms. The van der Waals surface area contributed by atoms with Crippen molar-refractivity contribution < 1.29 is 9.84 Å². The van der Waals surface area contributed by atoms with Crippen LogP contribution in [0, 0.1) is 0 Å². The number of rotatable bonds is 10. The topological polar surface area (TPSA) is 29.5 Å². The fourth-order valence-electron chi connectivity index (χ4n) is 4.73. The minimum atomic E-state index is -1.70. The third kappa shape index (κ3) is 7.05. The van der Waals surface area contributed by atoms with Gasteiger partial charge in [-0.1, -0.05) is 97.6 Å². The van der Waals surface area contributed by atoms with E-state index in [-0.39, 0.29) is 10.8 Å². The van der Waals surface area contributed by atoms with Crippen molar-refractivity contribution in [2.24, 2.45) is 0 Å². The molecule has 0 aliphatic carbocycles. The van der Waals surface area contributed by atoms with E-state index in [4.69, 9.17) is 4.74 Å². The number of ether oxygens (including phenoxy) is 1. The molecule has 0 spiro atoms. The van der Waals surface area contributed by atoms with E-state index in [2.05, 4.69) is 91.8 Å². The van der Waals surface area contributed by atoms with Gasteiger partial charge in [0.05, 0.1) is 14.7 Å². The van der Waals surface area contributed by atoms with Crippen molar-refractivity contribution in [3.63, 3.8) is 0 Å². The number of phenolic OH excluding ortho intramolecular Hbond substituents is 1. The Hall–Kier alpha value is -1.39. The van der Waals surface area contributed by atoms with Crippen molar-refractivity contribution in [2.75, 3.05) is 12.0 Å². The summed E-state index contributed by atoms with van der Waals surface area (Å²) < 4.78 is 5.71. The van der Waals surface area contributed by atoms with Crippen LogP contribution in [0.5, 0.6) is 11.5 Å². The first kappa shape index (κ1) is 27.8. The van der Waals surface area contributed by atoms with E-state index in [1.165, 1.54) is 35.2 Å². The monoisotopic (exact) mass is 486 g/mol. The molecule has 0 unspecified atom stereocenters. The number of phenols is 1. The van der Waals surface area contributed by atoms with E-state index in [0.717, 1.165) is 16.9 Å². The summed E-state index contributed by atoms with van der Waals surface area (Å²) in [6.45, 7) is 20.5. The maximum absolute atomic E-state index is 11.1. The van der Waals surface area contributed by atoms with E-state index < -0.39 is 8.07 Å². The zero-order valence-electron chi connectivity index (χ0n) is 22.5. The van der Waals surface area contributed by atoms with Crippen LogP contribution in [-0.2, 0) is 10.8 Å². The summed E-state index contributed by atoms with van der Waals surface area (Å²) in [6.07, 6.45) is 2.44. The summed E-state index contributed by atoms with van der Waals surface area (Å²) >= 11 is 2.01. The van der Waals surface area contributed by atoms with E-state index in [0.29, 0.717) is 12.4 Å². The van der Waals surface area contributed by atoms with Gasteiger partial charge in [-0.15, -0.1) is 11.8 Å². The van der Waals surface area contributed by atoms with Crippen LogP contribution in [0.3, 0.4) is 0 Å². The second-order valence-electron chi connectivity index (χ2n) is 11.4. The van der Waals surface area contributed by atoms with Crippen molar-refractivity contribution in [1.82, 2.24) is 0 Å². The van der Waals surface area contributed by atoms with Crippen molar-refractivity contribution in [3.05, 3.63) is 47.5 Å². The predicted octanol–water partition coefficient (Wildman–Crippen LogP) is 8.19. The minimum Gasteiger partial charge on any atom is -0.507 e. The van der Waals surface area contributed by atoms with E-state index >= 15 is 0 Å². The summed E-state index contributed by atoms with van der Waals surface area (Å²) in [6, 6.07) is 16.1. The first-order valence-electron chi connectivity index (χ1n) is 12.6. The first-order chi connectivity index (χ1) is 15.4. The maximum Gasteiger partial charge on any atom is 0.123 e. The van der Waals surface area contributed by atoms with Gasteiger partial charge in [0.25, 0.3) is 0 Å². The Morgan fingerprint density at radius 1 is 0.818 bits per heavy atom. The van der Waals surface area contributed by atoms with Crippen molar-refractivity contribution >= 4 is 25.0 Å². The fourth-order valence-corrected chi connectivity index (χ4v) is 12.3. The summed E-state index contributed by atoms with van der Waals surface area (Å²) in [5, 5.41) is 13.8. The van der Waals surface area contributed by atoms with Crippen LogP contribution < -0.4 is 9.92 Å². The van der Waals surface area contributed by atoms with Gasteiger partial charge in [-0.2, -0.15) is 0 Å². The van der Waals surface area contributed by atoms with Crippen LogP contribution in [0.15, 0.2) is 41.3 Å². The van der Waals surface area contributed by atoms with Gasteiger partial charge in [-0.25, -0.2) is 0 Å². The van der Waals surface area contributed by atoms with Gasteiger partial charge < -0.3 is 9.84 Å². The molecule has 0 heterocycles. The second kappa shape index (κ2) is 11.4. The largest absolute Gasteiger partial charge is 0.507 e. The predicted molar refractivity (Wildman–Crippen MR) is 149 cm³/mol. The molecule has 0 atom stereocenters. The smallest absolute Gasteiger partial charge is 0.123 e. The van der Waals surface area contributed by atoms with Gasteiger partial charge in [0, 0.05) is 16.0 Å². The molecule has 0 saturated heterocycles. The van der Waals surface area contributed by atoms with E-state index in [1.807, 2.05) is 18.7 Å². The maximum atomic E-state index is 11.1. The van der Waals surface area contributed by atoms with E-state index in [9.17, 15) is 5.11 Å². The Morgan fingerprint density at radius 2 is 1.30 bits per heavy atom. The molecule has 0 aliphatic heterocycles. The molecule has 0 saturated carbocycles. The highest BCUT2D eigenvalue weighted by molar-refractivity contribution is 8.01. The average molecular weight is 487 g/mol. The van der Waals surface area contributed by atoms with Gasteiger partial charge in [-0.3, -0.25) is 0 Å². The number of thioether (sulfide) groups is 1. The molecule has 0 radical (unpaired) electrons. The van der Waals surface area contributed by atoms with Crippen LogP contribution >= 0.6 is 11.8 Å². The number of benzene rings is 2. The highest BCUT2D eigenvalue weighted by atomic mass is 32.2. The molecule has 2 rings (SSSR count). The lowest BCUT2D eigenvalue weighted by Gasteiger charge is -2.33.